The summed E-state index contributed by atoms with van der Waals surface area (Å²) < 4.78 is 35.4. The molecule has 4 aliphatic rings. The van der Waals surface area contributed by atoms with Crippen molar-refractivity contribution in [1.82, 2.24) is 4.90 Å². The third-order valence-electron chi connectivity index (χ3n) is 12.3. The van der Waals surface area contributed by atoms with Gasteiger partial charge in [-0.2, -0.15) is 0 Å². The summed E-state index contributed by atoms with van der Waals surface area (Å²) in [6.07, 6.45) is 11.7. The maximum absolute atomic E-state index is 14.7. The van der Waals surface area contributed by atoms with E-state index in [1.807, 2.05) is 53.4 Å². The van der Waals surface area contributed by atoms with Crippen LogP contribution in [-0.2, 0) is 27.6 Å². The molecule has 0 radical (unpaired) electrons. The fraction of sp³-hybridized carbons (Fsp3) is 0.500. The average Bonchev–Trinajstić information content (AvgIpc) is 4.10. The average molecular weight is 795 g/mol. The molecular formula is C48H59FN2O7. The highest BCUT2D eigenvalue weighted by molar-refractivity contribution is 6.03. The molecule has 0 unspecified atom stereocenters. The summed E-state index contributed by atoms with van der Waals surface area (Å²) in [6.45, 7) is 7.44. The van der Waals surface area contributed by atoms with Gasteiger partial charge in [0.1, 0.15) is 36.6 Å². The number of carbonyl (C=O) groups excluding carboxylic acids is 1. The molecule has 1 amide bonds. The molecule has 0 saturated heterocycles. The quantitative estimate of drug-likeness (QED) is 0.0630. The first kappa shape index (κ1) is 41.6. The van der Waals surface area contributed by atoms with Crippen LogP contribution in [0.1, 0.15) is 93.7 Å². The van der Waals surface area contributed by atoms with Crippen molar-refractivity contribution in [1.29, 1.82) is 0 Å². The molecule has 9 nitrogen and oxygen atoms in total. The van der Waals surface area contributed by atoms with Gasteiger partial charge in [0.15, 0.2) is 0 Å². The minimum absolute atomic E-state index is 0.0241. The van der Waals surface area contributed by atoms with E-state index < -0.39 is 17.7 Å². The van der Waals surface area contributed by atoms with E-state index in [0.29, 0.717) is 49.5 Å². The van der Waals surface area contributed by atoms with Gasteiger partial charge in [-0.25, -0.2) is 4.39 Å². The third-order valence-corrected chi connectivity index (χ3v) is 12.3. The van der Waals surface area contributed by atoms with Gasteiger partial charge in [-0.15, -0.1) is 6.58 Å². The number of ether oxygens (including phenoxy) is 3. The second-order valence-corrected chi connectivity index (χ2v) is 16.2. The van der Waals surface area contributed by atoms with Crippen molar-refractivity contribution in [2.75, 3.05) is 26.4 Å². The Hall–Kier alpha value is -4.51. The summed E-state index contributed by atoms with van der Waals surface area (Å²) in [5.74, 6) is -0.669. The van der Waals surface area contributed by atoms with Gasteiger partial charge in [0.25, 0.3) is 0 Å². The molecule has 3 aromatic carbocycles. The zero-order valence-electron chi connectivity index (χ0n) is 33.8. The molecular weight excluding hydrogens is 736 g/mol. The number of oxime groups is 1. The predicted octanol–water partition coefficient (Wildman–Crippen LogP) is 8.89. The molecule has 1 heterocycles. The van der Waals surface area contributed by atoms with Crippen molar-refractivity contribution in [3.05, 3.63) is 120 Å². The SMILES string of the molecule is C=CCO[C@@]12Oc3ccc(OCc4ccccc4F)cc3[C@H]3[C@H](CCCCO)[C@@H](CCCCO)C=C(C(=NOCc4ccccc4)C[C@@H]1N(CCC)C(=O)C1CC1)[C@H]32. The molecule has 3 aliphatic carbocycles. The Morgan fingerprint density at radius 3 is 2.48 bits per heavy atom. The van der Waals surface area contributed by atoms with Crippen LogP contribution in [0.25, 0.3) is 0 Å². The van der Waals surface area contributed by atoms with Crippen molar-refractivity contribution in [2.45, 2.75) is 102 Å². The number of unbranched alkanes of at least 4 members (excludes halogenated alkanes) is 2. The molecule has 6 atom stereocenters. The number of allylic oxidation sites excluding steroid dienone is 1. The van der Waals surface area contributed by atoms with Crippen molar-refractivity contribution in [3.8, 4) is 11.5 Å². The number of hydrogen-bond acceptors (Lipinski definition) is 8. The van der Waals surface area contributed by atoms with Gasteiger partial charge in [0.05, 0.1) is 18.2 Å². The topological polar surface area (TPSA) is 110 Å². The number of fused-ring (bicyclic) bond motifs is 2. The Kier molecular flexibility index (Phi) is 14.0. The van der Waals surface area contributed by atoms with E-state index in [-0.39, 0.29) is 61.8 Å². The van der Waals surface area contributed by atoms with Gasteiger partial charge in [0.2, 0.25) is 11.7 Å². The smallest absolute Gasteiger partial charge is 0.239 e. The fourth-order valence-electron chi connectivity index (χ4n) is 9.50. The van der Waals surface area contributed by atoms with E-state index in [1.54, 1.807) is 24.3 Å². The minimum Gasteiger partial charge on any atom is -0.489 e. The van der Waals surface area contributed by atoms with Crippen LogP contribution in [0, 0.1) is 29.5 Å². The van der Waals surface area contributed by atoms with Gasteiger partial charge < -0.3 is 34.2 Å². The highest BCUT2D eigenvalue weighted by Gasteiger charge is 2.65. The number of halogens is 1. The van der Waals surface area contributed by atoms with Gasteiger partial charge in [-0.05, 0) is 92.2 Å². The second-order valence-electron chi connectivity index (χ2n) is 16.2. The lowest BCUT2D eigenvalue weighted by Crippen LogP contribution is -2.70. The molecule has 2 fully saturated rings. The first-order valence-electron chi connectivity index (χ1n) is 21.3. The second kappa shape index (κ2) is 19.5. The maximum Gasteiger partial charge on any atom is 0.239 e. The number of carbonyl (C=O) groups is 1. The highest BCUT2D eigenvalue weighted by atomic mass is 19.1. The molecule has 7 rings (SSSR count). The lowest BCUT2D eigenvalue weighted by atomic mass is 9.55. The van der Waals surface area contributed by atoms with E-state index in [1.165, 1.54) is 6.07 Å². The van der Waals surface area contributed by atoms with Crippen LogP contribution in [0.4, 0.5) is 4.39 Å². The van der Waals surface area contributed by atoms with Crippen LogP contribution in [0.2, 0.25) is 0 Å². The van der Waals surface area contributed by atoms with Crippen LogP contribution in [0.15, 0.2) is 102 Å². The van der Waals surface area contributed by atoms with Gasteiger partial charge in [-0.3, -0.25) is 4.79 Å². The number of hydrogen-bond donors (Lipinski definition) is 2. The molecule has 0 bridgehead atoms. The van der Waals surface area contributed by atoms with Crippen molar-refractivity contribution < 1.29 is 38.4 Å². The summed E-state index contributed by atoms with van der Waals surface area (Å²) in [4.78, 5) is 22.6. The molecule has 0 aromatic heterocycles. The zero-order valence-corrected chi connectivity index (χ0v) is 33.8. The van der Waals surface area contributed by atoms with Gasteiger partial charge >= 0.3 is 0 Å². The Morgan fingerprint density at radius 2 is 1.76 bits per heavy atom. The van der Waals surface area contributed by atoms with Crippen molar-refractivity contribution in [2.24, 2.45) is 28.8 Å². The van der Waals surface area contributed by atoms with E-state index in [2.05, 4.69) is 19.6 Å². The van der Waals surface area contributed by atoms with E-state index in [4.69, 9.17) is 24.2 Å². The fourth-order valence-corrected chi connectivity index (χ4v) is 9.50. The van der Waals surface area contributed by atoms with Crippen LogP contribution in [-0.4, -0.2) is 64.9 Å². The largest absolute Gasteiger partial charge is 0.489 e. The Balaban J connectivity index is 1.40. The molecule has 10 heteroatoms. The van der Waals surface area contributed by atoms with E-state index >= 15 is 0 Å². The molecule has 0 spiro atoms. The van der Waals surface area contributed by atoms with Crippen LogP contribution >= 0.6 is 0 Å². The van der Waals surface area contributed by atoms with Gasteiger partial charge in [0, 0.05) is 49.1 Å². The molecule has 2 saturated carbocycles. The zero-order chi connectivity index (χ0) is 40.5. The summed E-state index contributed by atoms with van der Waals surface area (Å²) >= 11 is 0. The van der Waals surface area contributed by atoms with Crippen LogP contribution < -0.4 is 9.47 Å². The molecule has 58 heavy (non-hydrogen) atoms. The number of benzene rings is 3. The summed E-state index contributed by atoms with van der Waals surface area (Å²) in [7, 11) is 0. The lowest BCUT2D eigenvalue weighted by Gasteiger charge is -2.60. The van der Waals surface area contributed by atoms with Crippen LogP contribution in [0.5, 0.6) is 11.5 Å². The first-order chi connectivity index (χ1) is 28.4. The minimum atomic E-state index is -1.29. The summed E-state index contributed by atoms with van der Waals surface area (Å²) in [6, 6.07) is 21.9. The molecule has 1 aliphatic heterocycles. The Morgan fingerprint density at radius 1 is 1.00 bits per heavy atom. The highest BCUT2D eigenvalue weighted by Crippen LogP contribution is 2.62. The van der Waals surface area contributed by atoms with E-state index in [9.17, 15) is 19.4 Å². The van der Waals surface area contributed by atoms with Crippen molar-refractivity contribution in [3.63, 3.8) is 0 Å². The molecule has 310 valence electrons. The monoisotopic (exact) mass is 794 g/mol. The van der Waals surface area contributed by atoms with Crippen molar-refractivity contribution >= 4 is 11.6 Å². The van der Waals surface area contributed by atoms with Crippen LogP contribution in [0.3, 0.4) is 0 Å². The summed E-state index contributed by atoms with van der Waals surface area (Å²) in [5.41, 5.74) is 4.19. The maximum atomic E-state index is 14.7. The Bertz CT molecular complexity index is 1910. The molecule has 3 aromatic rings. The Labute approximate surface area is 342 Å². The third kappa shape index (κ3) is 9.04. The van der Waals surface area contributed by atoms with E-state index in [0.717, 1.165) is 67.4 Å². The predicted molar refractivity (Wildman–Crippen MR) is 222 cm³/mol. The number of amides is 1. The summed E-state index contributed by atoms with van der Waals surface area (Å²) in [5, 5.41) is 24.7. The number of aliphatic hydroxyl groups is 2. The normalized spacial score (nSPS) is 25.2. The number of rotatable bonds is 21. The number of aliphatic hydroxyl groups excluding tert-OH is 2. The lowest BCUT2D eigenvalue weighted by molar-refractivity contribution is -0.257. The first-order valence-corrected chi connectivity index (χ1v) is 21.3. The number of nitrogens with zero attached hydrogens (tertiary/aromatic N) is 2. The van der Waals surface area contributed by atoms with Gasteiger partial charge in [-0.1, -0.05) is 85.6 Å². The molecule has 2 N–H and O–H groups in total. The standard InChI is InChI=1S/C48H59FN2O7/c1-3-24-51(47(54)34-20-21-34)44-30-42(50-57-31-33-14-6-5-7-15-33)39-28-35(16-10-12-25-52)38(18-11-13-26-53)45-40-29-37(55-32-36-17-8-9-19-41(36)49)22-23-43(40)58-48(44,46(39)45)56-27-4-2/h4-9,14-15,17,19,22-23,28-29,34-35,38,44-46,52-53H,2-3,10-13,16,18,20-21,24-27,30-32H2,1H3/t35-,38+,44-,45+,46+,48+/m0/s1.